The molecule has 12 atom stereocenters. The Bertz CT molecular complexity index is 638. The smallest absolute Gasteiger partial charge is 0.0618 e. The van der Waals surface area contributed by atoms with E-state index in [4.69, 9.17) is 10.5 Å². The highest BCUT2D eigenvalue weighted by Gasteiger charge is 2.65. The van der Waals surface area contributed by atoms with E-state index in [0.717, 1.165) is 42.4 Å². The molecule has 1 saturated heterocycles. The van der Waals surface area contributed by atoms with Crippen LogP contribution in [0.2, 0.25) is 0 Å². The Morgan fingerprint density at radius 3 is 2.57 bits per heavy atom. The van der Waals surface area contributed by atoms with Crippen molar-refractivity contribution in [2.24, 2.45) is 58.0 Å². The topological polar surface area (TPSA) is 55.5 Å². The lowest BCUT2D eigenvalue weighted by atomic mass is 9.44. The monoisotopic (exact) mass is 417 g/mol. The average Bonchev–Trinajstić information content (AvgIpc) is 3.20. The minimum Gasteiger partial charge on any atom is -0.396 e. The zero-order valence-corrected chi connectivity index (χ0v) is 20.0. The Balaban J connectivity index is 1.32. The molecular formula is C27H47NO2. The molecule has 0 bridgehead atoms. The van der Waals surface area contributed by atoms with Crippen LogP contribution in [-0.2, 0) is 4.74 Å². The summed E-state index contributed by atoms with van der Waals surface area (Å²) in [5, 5.41) is 9.41. The normalized spacial score (nSPS) is 56.0. The highest BCUT2D eigenvalue weighted by Crippen LogP contribution is 2.70. The van der Waals surface area contributed by atoms with Gasteiger partial charge in [-0.05, 0) is 116 Å². The fourth-order valence-corrected chi connectivity index (χ4v) is 9.85. The van der Waals surface area contributed by atoms with Crippen LogP contribution in [0.3, 0.4) is 0 Å². The summed E-state index contributed by atoms with van der Waals surface area (Å²) in [7, 11) is 0. The van der Waals surface area contributed by atoms with Gasteiger partial charge in [0.05, 0.1) is 12.2 Å². The van der Waals surface area contributed by atoms with E-state index in [9.17, 15) is 5.11 Å². The SMILES string of the molecule is CC(CO)CCC1O[C@H]2CC3C4CCC5CC(N)CCC5(C)C4CCC3(C)[C@H]2[C@@H]1C. The van der Waals surface area contributed by atoms with E-state index in [1.807, 2.05) is 0 Å². The van der Waals surface area contributed by atoms with Crippen LogP contribution in [0, 0.1) is 52.3 Å². The number of rotatable bonds is 4. The van der Waals surface area contributed by atoms with Gasteiger partial charge in [-0.3, -0.25) is 0 Å². The molecule has 0 aromatic heterocycles. The highest BCUT2D eigenvalue weighted by molar-refractivity contribution is 5.14. The molecule has 3 N–H and O–H groups in total. The van der Waals surface area contributed by atoms with E-state index in [-0.39, 0.29) is 0 Å². The third-order valence-corrected chi connectivity index (χ3v) is 11.6. The molecule has 3 heteroatoms. The van der Waals surface area contributed by atoms with Gasteiger partial charge in [0, 0.05) is 12.6 Å². The second kappa shape index (κ2) is 7.73. The minimum atomic E-state index is 0.307. The molecule has 0 aromatic rings. The Kier molecular flexibility index (Phi) is 5.60. The molecule has 5 fully saturated rings. The summed E-state index contributed by atoms with van der Waals surface area (Å²) in [4.78, 5) is 0. The summed E-state index contributed by atoms with van der Waals surface area (Å²) < 4.78 is 6.78. The van der Waals surface area contributed by atoms with Crippen LogP contribution in [0.25, 0.3) is 0 Å². The number of aliphatic hydroxyl groups excluding tert-OH is 1. The van der Waals surface area contributed by atoms with E-state index in [1.54, 1.807) is 0 Å². The molecule has 30 heavy (non-hydrogen) atoms. The number of ether oxygens (including phenoxy) is 1. The lowest BCUT2D eigenvalue weighted by Crippen LogP contribution is -2.55. The summed E-state index contributed by atoms with van der Waals surface area (Å²) in [6, 6.07) is 0.457. The van der Waals surface area contributed by atoms with Crippen LogP contribution < -0.4 is 5.73 Å². The Labute approximate surface area is 184 Å². The molecule has 1 heterocycles. The van der Waals surface area contributed by atoms with E-state index in [2.05, 4.69) is 27.7 Å². The Morgan fingerprint density at radius 1 is 1.03 bits per heavy atom. The van der Waals surface area contributed by atoms with E-state index < -0.39 is 0 Å². The Hall–Kier alpha value is -0.120. The first-order chi connectivity index (χ1) is 14.3. The van der Waals surface area contributed by atoms with Crippen molar-refractivity contribution in [3.05, 3.63) is 0 Å². The molecule has 1 aliphatic heterocycles. The number of aliphatic hydroxyl groups is 1. The number of hydrogen-bond donors (Lipinski definition) is 2. The van der Waals surface area contributed by atoms with Gasteiger partial charge in [-0.2, -0.15) is 0 Å². The van der Waals surface area contributed by atoms with Crippen LogP contribution >= 0.6 is 0 Å². The lowest BCUT2D eigenvalue weighted by Gasteiger charge is -2.61. The summed E-state index contributed by atoms with van der Waals surface area (Å²) in [6.45, 7) is 10.3. The van der Waals surface area contributed by atoms with Crippen LogP contribution in [0.1, 0.15) is 91.9 Å². The van der Waals surface area contributed by atoms with Crippen molar-refractivity contribution >= 4 is 0 Å². The molecule has 0 amide bonds. The van der Waals surface area contributed by atoms with Crippen molar-refractivity contribution in [3.63, 3.8) is 0 Å². The summed E-state index contributed by atoms with van der Waals surface area (Å²) in [6.07, 6.45) is 14.1. The standard InChI is InChI=1S/C27H47NO2/c1-16(15-29)5-8-23-17(2)25-24(30-23)14-22-20-7-6-18-13-19(28)9-11-26(18,3)21(20)10-12-27(22,25)4/h16-25,29H,5-15,28H2,1-4H3/t16?,17-,18?,19?,20?,21?,22?,23?,24+,25+,26?,27?/m1/s1. The summed E-state index contributed by atoms with van der Waals surface area (Å²) in [5.41, 5.74) is 7.42. The van der Waals surface area contributed by atoms with Gasteiger partial charge in [0.25, 0.3) is 0 Å². The molecule has 0 aromatic carbocycles. The fourth-order valence-electron chi connectivity index (χ4n) is 9.85. The number of hydrogen-bond acceptors (Lipinski definition) is 3. The van der Waals surface area contributed by atoms with Crippen molar-refractivity contribution in [2.45, 2.75) is 110 Å². The summed E-state index contributed by atoms with van der Waals surface area (Å²) >= 11 is 0. The van der Waals surface area contributed by atoms with Crippen LogP contribution in [0.5, 0.6) is 0 Å². The van der Waals surface area contributed by atoms with Crippen molar-refractivity contribution in [1.29, 1.82) is 0 Å². The van der Waals surface area contributed by atoms with Gasteiger partial charge in [-0.1, -0.05) is 27.7 Å². The van der Waals surface area contributed by atoms with Crippen LogP contribution in [0.15, 0.2) is 0 Å². The van der Waals surface area contributed by atoms with Gasteiger partial charge in [0.2, 0.25) is 0 Å². The zero-order valence-electron chi connectivity index (χ0n) is 20.0. The highest BCUT2D eigenvalue weighted by atomic mass is 16.5. The van der Waals surface area contributed by atoms with Crippen LogP contribution in [-0.4, -0.2) is 30.0 Å². The third kappa shape index (κ3) is 3.16. The predicted molar refractivity (Wildman–Crippen MR) is 122 cm³/mol. The molecule has 5 aliphatic rings. The second-order valence-corrected chi connectivity index (χ2v) is 12.9. The third-order valence-electron chi connectivity index (χ3n) is 11.6. The first-order valence-corrected chi connectivity index (χ1v) is 13.3. The van der Waals surface area contributed by atoms with Crippen molar-refractivity contribution < 1.29 is 9.84 Å². The molecule has 4 aliphatic carbocycles. The molecular weight excluding hydrogens is 370 g/mol. The van der Waals surface area contributed by atoms with Crippen molar-refractivity contribution in [1.82, 2.24) is 0 Å². The van der Waals surface area contributed by atoms with Gasteiger partial charge >= 0.3 is 0 Å². The van der Waals surface area contributed by atoms with Crippen molar-refractivity contribution in [3.8, 4) is 0 Å². The average molecular weight is 418 g/mol. The zero-order chi connectivity index (χ0) is 21.3. The minimum absolute atomic E-state index is 0.307. The molecule has 0 radical (unpaired) electrons. The van der Waals surface area contributed by atoms with Gasteiger partial charge in [-0.15, -0.1) is 0 Å². The number of fused-ring (bicyclic) bond motifs is 7. The Morgan fingerprint density at radius 2 is 1.80 bits per heavy atom. The van der Waals surface area contributed by atoms with Gasteiger partial charge in [0.15, 0.2) is 0 Å². The molecule has 4 saturated carbocycles. The van der Waals surface area contributed by atoms with Gasteiger partial charge < -0.3 is 15.6 Å². The first-order valence-electron chi connectivity index (χ1n) is 13.3. The van der Waals surface area contributed by atoms with E-state index in [1.165, 1.54) is 51.4 Å². The predicted octanol–water partition coefficient (Wildman–Crippen LogP) is 5.39. The van der Waals surface area contributed by atoms with Gasteiger partial charge in [-0.25, -0.2) is 0 Å². The maximum atomic E-state index is 9.41. The van der Waals surface area contributed by atoms with Crippen LogP contribution in [0.4, 0.5) is 0 Å². The maximum absolute atomic E-state index is 9.41. The van der Waals surface area contributed by atoms with E-state index >= 15 is 0 Å². The fraction of sp³-hybridized carbons (Fsp3) is 1.00. The molecule has 5 rings (SSSR count). The second-order valence-electron chi connectivity index (χ2n) is 12.9. The summed E-state index contributed by atoms with van der Waals surface area (Å²) in [5.74, 6) is 5.43. The number of nitrogens with two attached hydrogens (primary N) is 1. The van der Waals surface area contributed by atoms with E-state index in [0.29, 0.717) is 47.5 Å². The molecule has 9 unspecified atom stereocenters. The molecule has 3 nitrogen and oxygen atoms in total. The maximum Gasteiger partial charge on any atom is 0.0618 e. The molecule has 0 spiro atoms. The first kappa shape index (κ1) is 21.7. The lowest BCUT2D eigenvalue weighted by molar-refractivity contribution is -0.117. The van der Waals surface area contributed by atoms with Crippen molar-refractivity contribution in [2.75, 3.05) is 6.61 Å². The molecule has 172 valence electrons. The quantitative estimate of drug-likeness (QED) is 0.644. The largest absolute Gasteiger partial charge is 0.396 e. The van der Waals surface area contributed by atoms with Gasteiger partial charge in [0.1, 0.15) is 0 Å².